The van der Waals surface area contributed by atoms with Gasteiger partial charge < -0.3 is 9.32 Å². The standard InChI is InChI=1S/C27H29N3O4S/c1-20(2)30(35(32,33)25-13-7-11-23-12-8-16-28-27(23)25)19-26(31)29(17-22-9-5-4-6-10-22)18-24-15-14-21(3)34-24/h4-16,20H,17-19H2,1-3H3. The summed E-state index contributed by atoms with van der Waals surface area (Å²) in [4.78, 5) is 19.6. The first kappa shape index (κ1) is 24.6. The van der Waals surface area contributed by atoms with Crippen LogP contribution in [0.1, 0.15) is 30.9 Å². The summed E-state index contributed by atoms with van der Waals surface area (Å²) >= 11 is 0. The molecule has 2 aromatic heterocycles. The van der Waals surface area contributed by atoms with Gasteiger partial charge in [-0.25, -0.2) is 8.42 Å². The van der Waals surface area contributed by atoms with Gasteiger partial charge in [-0.3, -0.25) is 9.78 Å². The van der Waals surface area contributed by atoms with E-state index in [2.05, 4.69) is 4.98 Å². The first-order valence-electron chi connectivity index (χ1n) is 11.5. The smallest absolute Gasteiger partial charge is 0.245 e. The largest absolute Gasteiger partial charge is 0.464 e. The van der Waals surface area contributed by atoms with Crippen LogP contribution in [0.15, 0.2) is 88.3 Å². The van der Waals surface area contributed by atoms with Gasteiger partial charge >= 0.3 is 0 Å². The Balaban J connectivity index is 1.65. The van der Waals surface area contributed by atoms with Crippen LogP contribution in [0.5, 0.6) is 0 Å². The molecule has 2 heterocycles. The highest BCUT2D eigenvalue weighted by atomic mass is 32.2. The number of carbonyl (C=O) groups is 1. The zero-order valence-corrected chi connectivity index (χ0v) is 20.9. The Morgan fingerprint density at radius 2 is 1.69 bits per heavy atom. The minimum absolute atomic E-state index is 0.0911. The number of para-hydroxylation sites is 1. The fourth-order valence-corrected chi connectivity index (χ4v) is 5.74. The zero-order chi connectivity index (χ0) is 25.0. The molecule has 0 N–H and O–H groups in total. The molecular formula is C27H29N3O4S. The maximum atomic E-state index is 13.8. The van der Waals surface area contributed by atoms with Gasteiger partial charge in [0.25, 0.3) is 0 Å². The predicted molar refractivity (Wildman–Crippen MR) is 135 cm³/mol. The third-order valence-corrected chi connectivity index (χ3v) is 7.81. The van der Waals surface area contributed by atoms with Crippen molar-refractivity contribution in [3.05, 3.63) is 96.1 Å². The molecule has 0 atom stereocenters. The van der Waals surface area contributed by atoms with Crippen molar-refractivity contribution in [3.8, 4) is 0 Å². The summed E-state index contributed by atoms with van der Waals surface area (Å²) in [6.45, 7) is 5.65. The normalized spacial score (nSPS) is 11.9. The second kappa shape index (κ2) is 10.4. The van der Waals surface area contributed by atoms with Crippen molar-refractivity contribution in [1.29, 1.82) is 0 Å². The minimum Gasteiger partial charge on any atom is -0.464 e. The molecule has 7 nitrogen and oxygen atoms in total. The SMILES string of the molecule is Cc1ccc(CN(Cc2ccccc2)C(=O)CN(C(C)C)S(=O)(=O)c2cccc3cccnc23)o1. The van der Waals surface area contributed by atoms with Gasteiger partial charge in [-0.2, -0.15) is 4.31 Å². The molecule has 1 amide bonds. The summed E-state index contributed by atoms with van der Waals surface area (Å²) in [7, 11) is -4.00. The van der Waals surface area contributed by atoms with Crippen molar-refractivity contribution in [3.63, 3.8) is 0 Å². The molecule has 2 aromatic carbocycles. The third-order valence-electron chi connectivity index (χ3n) is 5.76. The van der Waals surface area contributed by atoms with Gasteiger partial charge in [-0.15, -0.1) is 0 Å². The molecule has 0 aliphatic rings. The van der Waals surface area contributed by atoms with E-state index in [0.717, 1.165) is 16.7 Å². The first-order chi connectivity index (χ1) is 16.8. The first-order valence-corrected chi connectivity index (χ1v) is 12.9. The number of aryl methyl sites for hydroxylation is 1. The average Bonchev–Trinajstić information content (AvgIpc) is 3.26. The minimum atomic E-state index is -4.00. The van der Waals surface area contributed by atoms with Crippen molar-refractivity contribution in [2.75, 3.05) is 6.54 Å². The number of furan rings is 1. The van der Waals surface area contributed by atoms with Gasteiger partial charge in [0.2, 0.25) is 15.9 Å². The number of carbonyl (C=O) groups excluding carboxylic acids is 1. The van der Waals surface area contributed by atoms with E-state index in [1.54, 1.807) is 37.1 Å². The maximum Gasteiger partial charge on any atom is 0.245 e. The Kier molecular flexibility index (Phi) is 7.33. The van der Waals surface area contributed by atoms with Crippen molar-refractivity contribution in [1.82, 2.24) is 14.2 Å². The number of hydrogen-bond donors (Lipinski definition) is 0. The lowest BCUT2D eigenvalue weighted by molar-refractivity contribution is -0.133. The Labute approximate surface area is 206 Å². The Hall–Kier alpha value is -3.49. The Morgan fingerprint density at radius 1 is 0.943 bits per heavy atom. The molecule has 4 rings (SSSR count). The number of sulfonamides is 1. The Morgan fingerprint density at radius 3 is 2.37 bits per heavy atom. The van der Waals surface area contributed by atoms with Crippen LogP contribution in [0.2, 0.25) is 0 Å². The van der Waals surface area contributed by atoms with E-state index in [9.17, 15) is 13.2 Å². The third kappa shape index (κ3) is 5.61. The predicted octanol–water partition coefficient (Wildman–Crippen LogP) is 4.76. The topological polar surface area (TPSA) is 83.7 Å². The molecule has 0 fully saturated rings. The molecular weight excluding hydrogens is 462 g/mol. The fourth-order valence-electron chi connectivity index (χ4n) is 3.98. The number of fused-ring (bicyclic) bond motifs is 1. The summed E-state index contributed by atoms with van der Waals surface area (Å²) in [5, 5.41) is 0.725. The van der Waals surface area contributed by atoms with Crippen LogP contribution >= 0.6 is 0 Å². The highest BCUT2D eigenvalue weighted by Crippen LogP contribution is 2.26. The van der Waals surface area contributed by atoms with E-state index in [-0.39, 0.29) is 23.9 Å². The highest BCUT2D eigenvalue weighted by Gasteiger charge is 2.32. The number of benzene rings is 2. The van der Waals surface area contributed by atoms with Crippen molar-refractivity contribution in [2.24, 2.45) is 0 Å². The zero-order valence-electron chi connectivity index (χ0n) is 20.1. The molecule has 0 bridgehead atoms. The summed E-state index contributed by atoms with van der Waals surface area (Å²) in [6.07, 6.45) is 1.57. The molecule has 8 heteroatoms. The van der Waals surface area contributed by atoms with Gasteiger partial charge in [-0.05, 0) is 50.6 Å². The number of aromatic nitrogens is 1. The van der Waals surface area contributed by atoms with Crippen LogP contribution in [0.25, 0.3) is 10.9 Å². The summed E-state index contributed by atoms with van der Waals surface area (Å²) in [5.41, 5.74) is 1.33. The van der Waals surface area contributed by atoms with Gasteiger partial charge in [0.1, 0.15) is 16.4 Å². The van der Waals surface area contributed by atoms with Crippen molar-refractivity contribution in [2.45, 2.75) is 44.8 Å². The van der Waals surface area contributed by atoms with Gasteiger partial charge in [-0.1, -0.05) is 48.5 Å². The monoisotopic (exact) mass is 491 g/mol. The van der Waals surface area contributed by atoms with E-state index in [1.165, 1.54) is 10.4 Å². The number of hydrogen-bond acceptors (Lipinski definition) is 5. The van der Waals surface area contributed by atoms with Crippen LogP contribution < -0.4 is 0 Å². The number of nitrogens with zero attached hydrogens (tertiary/aromatic N) is 3. The Bertz CT molecular complexity index is 1410. The lowest BCUT2D eigenvalue weighted by atomic mass is 10.2. The molecule has 0 spiro atoms. The molecule has 0 aliphatic heterocycles. The fraction of sp³-hybridized carbons (Fsp3) is 0.259. The lowest BCUT2D eigenvalue weighted by Crippen LogP contribution is -2.45. The average molecular weight is 492 g/mol. The summed E-state index contributed by atoms with van der Waals surface area (Å²) in [5.74, 6) is 1.08. The lowest BCUT2D eigenvalue weighted by Gasteiger charge is -2.29. The van der Waals surface area contributed by atoms with E-state index >= 15 is 0 Å². The second-order valence-corrected chi connectivity index (χ2v) is 10.6. The van der Waals surface area contributed by atoms with Crippen LogP contribution in [-0.4, -0.2) is 41.1 Å². The maximum absolute atomic E-state index is 13.8. The molecule has 0 radical (unpaired) electrons. The molecule has 0 saturated heterocycles. The van der Waals surface area contributed by atoms with Gasteiger partial charge in [0.15, 0.2) is 0 Å². The second-order valence-electron chi connectivity index (χ2n) is 8.72. The molecule has 0 unspecified atom stereocenters. The number of pyridine rings is 1. The highest BCUT2D eigenvalue weighted by molar-refractivity contribution is 7.89. The number of rotatable bonds is 9. The number of amides is 1. The van der Waals surface area contributed by atoms with E-state index < -0.39 is 16.1 Å². The van der Waals surface area contributed by atoms with Crippen LogP contribution in [-0.2, 0) is 27.9 Å². The van der Waals surface area contributed by atoms with Crippen LogP contribution in [0, 0.1) is 6.92 Å². The van der Waals surface area contributed by atoms with Gasteiger partial charge in [0, 0.05) is 24.2 Å². The van der Waals surface area contributed by atoms with Crippen molar-refractivity contribution < 1.29 is 17.6 Å². The van der Waals surface area contributed by atoms with Crippen LogP contribution in [0.4, 0.5) is 0 Å². The van der Waals surface area contributed by atoms with Crippen molar-refractivity contribution >= 4 is 26.8 Å². The summed E-state index contributed by atoms with van der Waals surface area (Å²) in [6, 6.07) is 21.5. The molecule has 4 aromatic rings. The molecule has 182 valence electrons. The van der Waals surface area contributed by atoms with Crippen LogP contribution in [0.3, 0.4) is 0 Å². The summed E-state index contributed by atoms with van der Waals surface area (Å²) < 4.78 is 34.5. The van der Waals surface area contributed by atoms with Gasteiger partial charge in [0.05, 0.1) is 18.6 Å². The van der Waals surface area contributed by atoms with E-state index in [1.807, 2.05) is 61.5 Å². The van der Waals surface area contributed by atoms with E-state index in [4.69, 9.17) is 4.42 Å². The molecule has 0 saturated carbocycles. The molecule has 35 heavy (non-hydrogen) atoms. The quantitative estimate of drug-likeness (QED) is 0.337. The molecule has 0 aliphatic carbocycles. The van der Waals surface area contributed by atoms with E-state index in [0.29, 0.717) is 17.8 Å².